The number of hydrogen-bond acceptors (Lipinski definition) is 2. The molecule has 0 aliphatic carbocycles. The molecule has 0 aliphatic rings. The van der Waals surface area contributed by atoms with E-state index in [0.717, 1.165) is 11.1 Å². The lowest BCUT2D eigenvalue weighted by Crippen LogP contribution is -2.26. The quantitative estimate of drug-likeness (QED) is 0.800. The first-order chi connectivity index (χ1) is 9.41. The summed E-state index contributed by atoms with van der Waals surface area (Å²) in [5.74, 6) is -0.691. The number of hydrogen-bond donors (Lipinski definition) is 3. The Balaban J connectivity index is 2.59. The fourth-order valence-electron chi connectivity index (χ4n) is 1.96. The Labute approximate surface area is 126 Å². The summed E-state index contributed by atoms with van der Waals surface area (Å²) in [5, 5.41) is 8.71. The molecule has 2 rings (SSSR count). The van der Waals surface area contributed by atoms with Crippen molar-refractivity contribution in [3.63, 3.8) is 0 Å². The fraction of sp³-hybridized carbons (Fsp3) is 0.143. The van der Waals surface area contributed by atoms with E-state index in [4.69, 9.17) is 34.3 Å². The molecule has 0 saturated carbocycles. The molecule has 0 spiro atoms. The summed E-state index contributed by atoms with van der Waals surface area (Å²) >= 11 is 12.2. The van der Waals surface area contributed by atoms with Gasteiger partial charge < -0.3 is 10.7 Å². The third kappa shape index (κ3) is 2.71. The lowest BCUT2D eigenvalue weighted by atomic mass is 9.97. The molecule has 1 radical (unpaired) electrons. The van der Waals surface area contributed by atoms with Crippen molar-refractivity contribution in [1.29, 1.82) is 5.41 Å². The largest absolute Gasteiger partial charge is 0.365 e. The van der Waals surface area contributed by atoms with Crippen LogP contribution in [0.15, 0.2) is 18.3 Å². The molecule has 0 unspecified atom stereocenters. The maximum absolute atomic E-state index is 11.5. The topological polar surface area (TPSA) is 82.7 Å². The third-order valence-corrected chi connectivity index (χ3v) is 3.83. The Bertz CT molecular complexity index is 738. The number of benzene rings is 1. The van der Waals surface area contributed by atoms with Gasteiger partial charge in [-0.15, -0.1) is 0 Å². The average molecular weight is 309 g/mol. The van der Waals surface area contributed by atoms with E-state index in [1.165, 1.54) is 6.20 Å². The lowest BCUT2D eigenvalue weighted by molar-refractivity contribution is 0.0997. The molecular formula is C14H12Cl2N3O. The summed E-state index contributed by atoms with van der Waals surface area (Å²) in [6.07, 6.45) is 1.80. The maximum Gasteiger partial charge on any atom is 0.252 e. The predicted octanol–water partition coefficient (Wildman–Crippen LogP) is 2.60. The van der Waals surface area contributed by atoms with Gasteiger partial charge in [0.1, 0.15) is 5.49 Å². The minimum atomic E-state index is -0.691. The molecule has 4 nitrogen and oxygen atoms in total. The number of primary amides is 1. The van der Waals surface area contributed by atoms with Crippen LogP contribution in [-0.2, 0) is 6.42 Å². The van der Waals surface area contributed by atoms with E-state index < -0.39 is 5.91 Å². The molecule has 0 saturated heterocycles. The highest BCUT2D eigenvalue weighted by atomic mass is 35.5. The summed E-state index contributed by atoms with van der Waals surface area (Å²) in [4.78, 5) is 14.1. The second-order valence-corrected chi connectivity index (χ2v) is 5.15. The van der Waals surface area contributed by atoms with Crippen molar-refractivity contribution in [3.8, 4) is 0 Å². The van der Waals surface area contributed by atoms with E-state index >= 15 is 0 Å². The number of amides is 1. The average Bonchev–Trinajstić information content (AvgIpc) is 2.38. The molecule has 0 bridgehead atoms. The third-order valence-electron chi connectivity index (χ3n) is 3.08. The molecule has 4 N–H and O–H groups in total. The van der Waals surface area contributed by atoms with Gasteiger partial charge in [-0.05, 0) is 35.7 Å². The number of carbonyl (C=O) groups is 1. The molecule has 2 aromatic rings. The number of H-pyrrole nitrogens is 1. The van der Waals surface area contributed by atoms with Crippen molar-refractivity contribution < 1.29 is 4.79 Å². The molecular weight excluding hydrogens is 297 g/mol. The molecule has 20 heavy (non-hydrogen) atoms. The van der Waals surface area contributed by atoms with Gasteiger partial charge in [0.05, 0.1) is 10.6 Å². The van der Waals surface area contributed by atoms with Gasteiger partial charge in [-0.2, -0.15) is 0 Å². The van der Waals surface area contributed by atoms with Crippen LogP contribution in [0.3, 0.4) is 0 Å². The maximum atomic E-state index is 11.5. The summed E-state index contributed by atoms with van der Waals surface area (Å²) < 4.78 is 0. The van der Waals surface area contributed by atoms with Crippen molar-refractivity contribution in [1.82, 2.24) is 4.98 Å². The highest BCUT2D eigenvalue weighted by Crippen LogP contribution is 2.24. The molecule has 103 valence electrons. The van der Waals surface area contributed by atoms with E-state index in [2.05, 4.69) is 11.1 Å². The molecule has 1 heterocycles. The van der Waals surface area contributed by atoms with Crippen molar-refractivity contribution in [2.45, 2.75) is 13.3 Å². The van der Waals surface area contributed by atoms with Crippen LogP contribution in [0, 0.1) is 18.4 Å². The van der Waals surface area contributed by atoms with Crippen LogP contribution < -0.4 is 11.2 Å². The van der Waals surface area contributed by atoms with Crippen LogP contribution in [0.2, 0.25) is 10.0 Å². The molecule has 1 amide bonds. The Hall–Kier alpha value is -1.78. The highest BCUT2D eigenvalue weighted by molar-refractivity contribution is 6.32. The minimum absolute atomic E-state index is 0.0587. The van der Waals surface area contributed by atoms with Gasteiger partial charge in [0.15, 0.2) is 0 Å². The van der Waals surface area contributed by atoms with E-state index in [1.54, 1.807) is 12.1 Å². The second kappa shape index (κ2) is 5.69. The normalized spacial score (nSPS) is 10.6. The number of aromatic nitrogens is 1. The van der Waals surface area contributed by atoms with E-state index in [9.17, 15) is 4.79 Å². The Morgan fingerprint density at radius 3 is 2.80 bits per heavy atom. The first-order valence-corrected chi connectivity index (χ1v) is 6.57. The van der Waals surface area contributed by atoms with Gasteiger partial charge in [0, 0.05) is 17.6 Å². The minimum Gasteiger partial charge on any atom is -0.365 e. The van der Waals surface area contributed by atoms with Crippen molar-refractivity contribution in [3.05, 3.63) is 62.2 Å². The summed E-state index contributed by atoms with van der Waals surface area (Å²) in [6, 6.07) is 6.52. The summed E-state index contributed by atoms with van der Waals surface area (Å²) in [7, 11) is 0. The molecule has 6 heteroatoms. The number of nitrogens with two attached hydrogens (primary N) is 1. The van der Waals surface area contributed by atoms with E-state index in [-0.39, 0.29) is 11.1 Å². The number of nitrogens with one attached hydrogen (secondary N) is 2. The first-order valence-electron chi connectivity index (χ1n) is 5.82. The number of halogens is 2. The standard InChI is InChI=1S/C14H12Cl2N3O/c1-7-8(3-2-4-10(7)15)5-9-11(16)6-19-13(17)12(9)14(18)20/h2,4,6H,5H2,1H3,(H2,17,19)(H2,18,20). The van der Waals surface area contributed by atoms with Crippen LogP contribution >= 0.6 is 23.2 Å². The summed E-state index contributed by atoms with van der Waals surface area (Å²) in [6.45, 7) is 1.86. The van der Waals surface area contributed by atoms with Gasteiger partial charge in [0.2, 0.25) is 0 Å². The van der Waals surface area contributed by atoms with Gasteiger partial charge in [-0.1, -0.05) is 29.3 Å². The molecule has 0 aliphatic heterocycles. The zero-order valence-electron chi connectivity index (χ0n) is 10.7. The smallest absolute Gasteiger partial charge is 0.252 e. The Kier molecular flexibility index (Phi) is 4.16. The van der Waals surface area contributed by atoms with Crippen LogP contribution in [-0.4, -0.2) is 10.9 Å². The van der Waals surface area contributed by atoms with Crippen LogP contribution in [0.1, 0.15) is 27.0 Å². The summed E-state index contributed by atoms with van der Waals surface area (Å²) in [5.41, 5.74) is 7.54. The highest BCUT2D eigenvalue weighted by Gasteiger charge is 2.16. The Morgan fingerprint density at radius 2 is 2.15 bits per heavy atom. The zero-order chi connectivity index (χ0) is 14.9. The van der Waals surface area contributed by atoms with Crippen LogP contribution in [0.25, 0.3) is 0 Å². The Morgan fingerprint density at radius 1 is 1.45 bits per heavy atom. The first kappa shape index (κ1) is 14.6. The van der Waals surface area contributed by atoms with Crippen molar-refractivity contribution in [2.75, 3.05) is 0 Å². The number of carbonyl (C=O) groups excluding carboxylic acids is 1. The fourth-order valence-corrected chi connectivity index (χ4v) is 2.36. The van der Waals surface area contributed by atoms with E-state index in [1.807, 2.05) is 6.92 Å². The monoisotopic (exact) mass is 308 g/mol. The molecule has 0 fully saturated rings. The molecule has 1 aromatic heterocycles. The number of rotatable bonds is 3. The lowest BCUT2D eigenvalue weighted by Gasteiger charge is -2.11. The SMILES string of the molecule is Cc1c(Cc2c(Cl)c[nH]c(=N)c2C(N)=O)[c]ccc1Cl. The van der Waals surface area contributed by atoms with Gasteiger partial charge in [-0.25, -0.2) is 0 Å². The van der Waals surface area contributed by atoms with Crippen LogP contribution in [0.4, 0.5) is 0 Å². The van der Waals surface area contributed by atoms with Crippen molar-refractivity contribution in [2.24, 2.45) is 5.73 Å². The van der Waals surface area contributed by atoms with Crippen LogP contribution in [0.5, 0.6) is 0 Å². The number of aromatic amines is 1. The number of pyridine rings is 1. The molecule has 1 aromatic carbocycles. The van der Waals surface area contributed by atoms with Gasteiger partial charge >= 0.3 is 0 Å². The van der Waals surface area contributed by atoms with Gasteiger partial charge in [-0.3, -0.25) is 10.2 Å². The zero-order valence-corrected chi connectivity index (χ0v) is 12.2. The predicted molar refractivity (Wildman–Crippen MR) is 78.0 cm³/mol. The second-order valence-electron chi connectivity index (χ2n) is 4.34. The van der Waals surface area contributed by atoms with E-state index in [0.29, 0.717) is 22.0 Å². The van der Waals surface area contributed by atoms with Gasteiger partial charge in [0.25, 0.3) is 5.91 Å². The molecule has 0 atom stereocenters. The van der Waals surface area contributed by atoms with Crippen molar-refractivity contribution >= 4 is 29.1 Å².